The van der Waals surface area contributed by atoms with Gasteiger partial charge in [0.1, 0.15) is 11.2 Å². The Morgan fingerprint density at radius 1 is 0.351 bits per heavy atom. The third-order valence-corrected chi connectivity index (χ3v) is 11.1. The van der Waals surface area contributed by atoms with Crippen molar-refractivity contribution in [2.75, 3.05) is 0 Å². The molecule has 57 heavy (non-hydrogen) atoms. The number of para-hydroxylation sites is 3. The molecule has 0 aliphatic heterocycles. The van der Waals surface area contributed by atoms with E-state index in [1.165, 1.54) is 10.8 Å². The van der Waals surface area contributed by atoms with E-state index >= 15 is 0 Å². The molecule has 0 atom stereocenters. The van der Waals surface area contributed by atoms with Crippen LogP contribution >= 0.6 is 0 Å². The van der Waals surface area contributed by atoms with E-state index < -0.39 is 0 Å². The largest absolute Gasteiger partial charge is 0.455 e. The highest BCUT2D eigenvalue weighted by Gasteiger charge is 2.24. The van der Waals surface area contributed by atoms with Gasteiger partial charge in [-0.25, -0.2) is 15.0 Å². The molecule has 8 aromatic carbocycles. The molecule has 6 nitrogen and oxygen atoms in total. The van der Waals surface area contributed by atoms with Gasteiger partial charge in [-0.3, -0.25) is 0 Å². The molecule has 0 N–H and O–H groups in total. The van der Waals surface area contributed by atoms with Gasteiger partial charge < -0.3 is 13.6 Å². The molecular weight excluding hydrogens is 699 g/mol. The van der Waals surface area contributed by atoms with E-state index in [1.54, 1.807) is 0 Å². The second-order valence-corrected chi connectivity index (χ2v) is 14.4. The first-order valence-corrected chi connectivity index (χ1v) is 19.1. The smallest absolute Gasteiger partial charge is 0.164 e. The van der Waals surface area contributed by atoms with Crippen molar-refractivity contribution >= 4 is 65.6 Å². The van der Waals surface area contributed by atoms with E-state index in [-0.39, 0.29) is 0 Å². The highest BCUT2D eigenvalue weighted by Crippen LogP contribution is 2.45. The number of hydrogen-bond acceptors (Lipinski definition) is 4. The number of rotatable bonds is 5. The Morgan fingerprint density at radius 3 is 1.61 bits per heavy atom. The van der Waals surface area contributed by atoms with Crippen LogP contribution in [0.1, 0.15) is 0 Å². The lowest BCUT2D eigenvalue weighted by molar-refractivity contribution is 0.673. The molecule has 266 valence electrons. The monoisotopic (exact) mass is 729 g/mol. The summed E-state index contributed by atoms with van der Waals surface area (Å²) in [5.74, 6) is 1.87. The summed E-state index contributed by atoms with van der Waals surface area (Å²) in [4.78, 5) is 15.1. The van der Waals surface area contributed by atoms with Gasteiger partial charge in [0, 0.05) is 55.0 Å². The number of nitrogens with zero attached hydrogens (tertiary/aromatic N) is 5. The zero-order valence-electron chi connectivity index (χ0n) is 30.5. The van der Waals surface area contributed by atoms with E-state index in [4.69, 9.17) is 19.4 Å². The molecule has 0 saturated heterocycles. The van der Waals surface area contributed by atoms with Crippen LogP contribution in [0.2, 0.25) is 0 Å². The Morgan fingerprint density at radius 2 is 0.895 bits per heavy atom. The molecule has 6 heteroatoms. The molecule has 0 radical (unpaired) electrons. The predicted molar refractivity (Wildman–Crippen MR) is 232 cm³/mol. The SMILES string of the molecule is c1ccc(-c2nc(-c3ccccc3)nc(-c3cccc(-n4c5ccc6c7ccccc7oc6c5c5ccc6c(c7ccccc7n6-c6ccccc6)c54)c3)n2)cc1. The third kappa shape index (κ3) is 4.81. The van der Waals surface area contributed by atoms with Crippen molar-refractivity contribution in [3.63, 3.8) is 0 Å². The summed E-state index contributed by atoms with van der Waals surface area (Å²) >= 11 is 0. The van der Waals surface area contributed by atoms with Crippen LogP contribution in [0.15, 0.2) is 192 Å². The summed E-state index contributed by atoms with van der Waals surface area (Å²) in [5, 5.41) is 6.78. The van der Waals surface area contributed by atoms with E-state index in [9.17, 15) is 0 Å². The molecule has 0 aliphatic rings. The highest BCUT2D eigenvalue weighted by atomic mass is 16.3. The van der Waals surface area contributed by atoms with E-state index in [2.05, 4.69) is 130 Å². The fraction of sp³-hybridized carbons (Fsp3) is 0. The maximum Gasteiger partial charge on any atom is 0.164 e. The normalized spacial score (nSPS) is 11.9. The van der Waals surface area contributed by atoms with Gasteiger partial charge in [0.25, 0.3) is 0 Å². The Hall–Kier alpha value is -7.83. The Kier molecular flexibility index (Phi) is 6.83. The Labute approximate surface area is 326 Å². The van der Waals surface area contributed by atoms with Crippen LogP contribution in [-0.4, -0.2) is 24.1 Å². The Balaban J connectivity index is 1.19. The number of benzene rings is 8. The first-order chi connectivity index (χ1) is 28.3. The average molecular weight is 730 g/mol. The highest BCUT2D eigenvalue weighted by molar-refractivity contribution is 6.31. The average Bonchev–Trinajstić information content (AvgIpc) is 3.95. The molecule has 12 rings (SSSR count). The van der Waals surface area contributed by atoms with E-state index in [1.807, 2.05) is 66.7 Å². The summed E-state index contributed by atoms with van der Waals surface area (Å²) in [6.45, 7) is 0. The van der Waals surface area contributed by atoms with Gasteiger partial charge in [-0.05, 0) is 60.7 Å². The fourth-order valence-electron chi connectivity index (χ4n) is 8.67. The zero-order valence-corrected chi connectivity index (χ0v) is 30.5. The van der Waals surface area contributed by atoms with Crippen molar-refractivity contribution in [3.05, 3.63) is 188 Å². The van der Waals surface area contributed by atoms with Crippen molar-refractivity contribution in [3.8, 4) is 45.5 Å². The molecular formula is C51H31N5O. The lowest BCUT2D eigenvalue weighted by Gasteiger charge is -2.12. The number of furan rings is 1. The quantitative estimate of drug-likeness (QED) is 0.177. The van der Waals surface area contributed by atoms with Crippen molar-refractivity contribution in [2.24, 2.45) is 0 Å². The van der Waals surface area contributed by atoms with Crippen LogP contribution in [0.25, 0.3) is 111 Å². The van der Waals surface area contributed by atoms with Gasteiger partial charge in [0.05, 0.1) is 27.5 Å². The van der Waals surface area contributed by atoms with Crippen molar-refractivity contribution in [2.45, 2.75) is 0 Å². The van der Waals surface area contributed by atoms with Gasteiger partial charge in [-0.2, -0.15) is 0 Å². The van der Waals surface area contributed by atoms with Gasteiger partial charge >= 0.3 is 0 Å². The van der Waals surface area contributed by atoms with E-state index in [0.717, 1.165) is 82.8 Å². The lowest BCUT2D eigenvalue weighted by Crippen LogP contribution is -2.01. The summed E-state index contributed by atoms with van der Waals surface area (Å²) in [5.41, 5.74) is 11.1. The third-order valence-electron chi connectivity index (χ3n) is 11.1. The lowest BCUT2D eigenvalue weighted by atomic mass is 10.1. The van der Waals surface area contributed by atoms with Crippen molar-refractivity contribution in [1.29, 1.82) is 0 Å². The molecule has 0 bridgehead atoms. The van der Waals surface area contributed by atoms with Crippen LogP contribution < -0.4 is 0 Å². The van der Waals surface area contributed by atoms with Crippen molar-refractivity contribution < 1.29 is 4.42 Å². The molecule has 0 spiro atoms. The van der Waals surface area contributed by atoms with E-state index in [0.29, 0.717) is 17.5 Å². The fourth-order valence-corrected chi connectivity index (χ4v) is 8.67. The van der Waals surface area contributed by atoms with Crippen LogP contribution in [0.4, 0.5) is 0 Å². The van der Waals surface area contributed by atoms with Gasteiger partial charge in [0.2, 0.25) is 0 Å². The van der Waals surface area contributed by atoms with Crippen LogP contribution in [0.3, 0.4) is 0 Å². The topological polar surface area (TPSA) is 61.7 Å². The van der Waals surface area contributed by atoms with Gasteiger partial charge in [0.15, 0.2) is 17.5 Å². The van der Waals surface area contributed by atoms with Crippen LogP contribution in [0, 0.1) is 0 Å². The number of fused-ring (bicyclic) bond motifs is 11. The molecule has 0 aliphatic carbocycles. The predicted octanol–water partition coefficient (Wildman–Crippen LogP) is 13.0. The van der Waals surface area contributed by atoms with Gasteiger partial charge in [-0.15, -0.1) is 0 Å². The van der Waals surface area contributed by atoms with Crippen LogP contribution in [0.5, 0.6) is 0 Å². The standard InChI is InChI=1S/C51H31N5O/c1-4-15-32(16-5-1)49-52-50(33-17-6-2-7-18-33)54-51(53-49)34-19-14-22-36(31-34)56-43-29-27-38-37-23-11-13-26-44(37)57-48(38)46(43)40-28-30-42-45(47(40)56)39-24-10-12-25-41(39)55(42)35-20-8-3-9-21-35/h1-31H. The molecule has 0 fully saturated rings. The summed E-state index contributed by atoms with van der Waals surface area (Å²) < 4.78 is 11.5. The maximum absolute atomic E-state index is 6.76. The zero-order chi connectivity index (χ0) is 37.5. The number of aromatic nitrogens is 5. The molecule has 0 amide bonds. The minimum absolute atomic E-state index is 0.607. The molecule has 0 unspecified atom stereocenters. The molecule has 4 aromatic heterocycles. The summed E-state index contributed by atoms with van der Waals surface area (Å²) in [6.07, 6.45) is 0. The first-order valence-electron chi connectivity index (χ1n) is 19.1. The van der Waals surface area contributed by atoms with Gasteiger partial charge in [-0.1, -0.05) is 127 Å². The van der Waals surface area contributed by atoms with Crippen molar-refractivity contribution in [1.82, 2.24) is 24.1 Å². The van der Waals surface area contributed by atoms with Crippen LogP contribution in [-0.2, 0) is 0 Å². The molecule has 4 heterocycles. The molecule has 12 aromatic rings. The minimum Gasteiger partial charge on any atom is -0.455 e. The second kappa shape index (κ2) is 12.3. The number of hydrogen-bond donors (Lipinski definition) is 0. The Bertz CT molecular complexity index is 3450. The second-order valence-electron chi connectivity index (χ2n) is 14.4. The minimum atomic E-state index is 0.607. The summed E-state index contributed by atoms with van der Waals surface area (Å²) in [7, 11) is 0. The maximum atomic E-state index is 6.76. The first kappa shape index (κ1) is 31.5. The molecule has 0 saturated carbocycles. The summed E-state index contributed by atoms with van der Waals surface area (Å²) in [6, 6.07) is 65.4.